The average Bonchev–Trinajstić information content (AvgIpc) is 2.63. The van der Waals surface area contributed by atoms with E-state index in [1.165, 1.54) is 5.56 Å². The van der Waals surface area contributed by atoms with Crippen molar-refractivity contribution in [1.29, 1.82) is 0 Å². The summed E-state index contributed by atoms with van der Waals surface area (Å²) in [7, 11) is 0. The number of benzene rings is 1. The predicted octanol–water partition coefficient (Wildman–Crippen LogP) is 1.38. The number of aliphatic hydroxyl groups is 2. The number of hydrogen-bond donors (Lipinski definition) is 2. The Morgan fingerprint density at radius 1 is 1.16 bits per heavy atom. The maximum atomic E-state index is 9.63. The van der Waals surface area contributed by atoms with Crippen LogP contribution in [0, 0.1) is 11.8 Å². The minimum atomic E-state index is -0.124. The zero-order valence-corrected chi connectivity index (χ0v) is 11.2. The molecule has 102 valence electrons. The van der Waals surface area contributed by atoms with Crippen molar-refractivity contribution >= 4 is 0 Å². The van der Waals surface area contributed by atoms with E-state index >= 15 is 0 Å². The van der Waals surface area contributed by atoms with E-state index in [4.69, 9.17) is 5.11 Å². The smallest absolute Gasteiger partial charge is 0.104 e. The SMILES string of the molecule is OCC#Cc1ccc(CN2CCCC(O)CC2)cc1. The van der Waals surface area contributed by atoms with Gasteiger partial charge in [0.2, 0.25) is 0 Å². The first-order valence-electron chi connectivity index (χ1n) is 6.87. The van der Waals surface area contributed by atoms with Gasteiger partial charge < -0.3 is 10.2 Å². The molecule has 3 heteroatoms. The van der Waals surface area contributed by atoms with E-state index in [1.54, 1.807) is 0 Å². The van der Waals surface area contributed by atoms with Crippen LogP contribution in [0.3, 0.4) is 0 Å². The summed E-state index contributed by atoms with van der Waals surface area (Å²) in [4.78, 5) is 2.39. The average molecular weight is 259 g/mol. The lowest BCUT2D eigenvalue weighted by atomic mass is 10.1. The van der Waals surface area contributed by atoms with Crippen LogP contribution in [0.15, 0.2) is 24.3 Å². The minimum Gasteiger partial charge on any atom is -0.393 e. The van der Waals surface area contributed by atoms with Gasteiger partial charge in [0.1, 0.15) is 6.61 Å². The molecule has 1 unspecified atom stereocenters. The summed E-state index contributed by atoms with van der Waals surface area (Å²) in [6.45, 7) is 2.86. The molecule has 0 aromatic heterocycles. The van der Waals surface area contributed by atoms with Crippen molar-refractivity contribution in [2.45, 2.75) is 31.9 Å². The quantitative estimate of drug-likeness (QED) is 0.789. The highest BCUT2D eigenvalue weighted by atomic mass is 16.3. The van der Waals surface area contributed by atoms with Crippen molar-refractivity contribution in [3.8, 4) is 11.8 Å². The molecule has 1 aliphatic heterocycles. The van der Waals surface area contributed by atoms with E-state index in [1.807, 2.05) is 12.1 Å². The molecule has 0 amide bonds. The molecule has 1 heterocycles. The van der Waals surface area contributed by atoms with Crippen molar-refractivity contribution in [1.82, 2.24) is 4.90 Å². The molecule has 0 aliphatic carbocycles. The molecule has 1 fully saturated rings. The van der Waals surface area contributed by atoms with Crippen molar-refractivity contribution < 1.29 is 10.2 Å². The Hall–Kier alpha value is -1.34. The molecule has 19 heavy (non-hydrogen) atoms. The van der Waals surface area contributed by atoms with Crippen LogP contribution in [-0.2, 0) is 6.54 Å². The minimum absolute atomic E-state index is 0.0993. The van der Waals surface area contributed by atoms with Gasteiger partial charge in [-0.25, -0.2) is 0 Å². The van der Waals surface area contributed by atoms with Gasteiger partial charge in [0.05, 0.1) is 6.10 Å². The first-order chi connectivity index (χ1) is 9.28. The molecule has 1 aromatic carbocycles. The first-order valence-corrected chi connectivity index (χ1v) is 6.87. The fourth-order valence-corrected chi connectivity index (χ4v) is 2.39. The molecular weight excluding hydrogens is 238 g/mol. The normalized spacial score (nSPS) is 20.4. The Bertz CT molecular complexity index is 444. The molecule has 0 spiro atoms. The van der Waals surface area contributed by atoms with Gasteiger partial charge in [-0.2, -0.15) is 0 Å². The summed E-state index contributed by atoms with van der Waals surface area (Å²) in [5.41, 5.74) is 2.20. The zero-order chi connectivity index (χ0) is 13.5. The van der Waals surface area contributed by atoms with Gasteiger partial charge in [0.15, 0.2) is 0 Å². The van der Waals surface area contributed by atoms with E-state index in [-0.39, 0.29) is 12.7 Å². The van der Waals surface area contributed by atoms with Crippen LogP contribution in [0.4, 0.5) is 0 Å². The monoisotopic (exact) mass is 259 g/mol. The van der Waals surface area contributed by atoms with Crippen LogP contribution in [-0.4, -0.2) is 40.9 Å². The summed E-state index contributed by atoms with van der Waals surface area (Å²) in [6.07, 6.45) is 2.74. The van der Waals surface area contributed by atoms with E-state index in [2.05, 4.69) is 28.9 Å². The Labute approximate surface area is 114 Å². The molecular formula is C16H21NO2. The topological polar surface area (TPSA) is 43.7 Å². The standard InChI is InChI=1S/C16H21NO2/c18-12-2-3-14-5-7-15(8-6-14)13-17-10-1-4-16(19)9-11-17/h5-8,16,18-19H,1,4,9-13H2. The predicted molar refractivity (Wildman–Crippen MR) is 75.5 cm³/mol. The van der Waals surface area contributed by atoms with Crippen LogP contribution in [0.2, 0.25) is 0 Å². The second kappa shape index (κ2) is 7.30. The molecule has 0 saturated carbocycles. The van der Waals surface area contributed by atoms with Gasteiger partial charge in [0, 0.05) is 18.7 Å². The van der Waals surface area contributed by atoms with Crippen LogP contribution in [0.1, 0.15) is 30.4 Å². The van der Waals surface area contributed by atoms with E-state index in [0.29, 0.717) is 0 Å². The summed E-state index contributed by atoms with van der Waals surface area (Å²) in [5, 5.41) is 18.3. The molecule has 1 atom stereocenters. The van der Waals surface area contributed by atoms with Gasteiger partial charge in [-0.1, -0.05) is 24.0 Å². The van der Waals surface area contributed by atoms with Gasteiger partial charge in [0.25, 0.3) is 0 Å². The van der Waals surface area contributed by atoms with Gasteiger partial charge in [-0.3, -0.25) is 4.90 Å². The van der Waals surface area contributed by atoms with Gasteiger partial charge >= 0.3 is 0 Å². The third-order valence-corrected chi connectivity index (χ3v) is 3.46. The number of aliphatic hydroxyl groups excluding tert-OH is 2. The third kappa shape index (κ3) is 4.68. The first kappa shape index (κ1) is 14.1. The largest absolute Gasteiger partial charge is 0.393 e. The van der Waals surface area contributed by atoms with Crippen molar-refractivity contribution in [3.05, 3.63) is 35.4 Å². The van der Waals surface area contributed by atoms with Crippen molar-refractivity contribution in [3.63, 3.8) is 0 Å². The number of nitrogens with zero attached hydrogens (tertiary/aromatic N) is 1. The maximum Gasteiger partial charge on any atom is 0.104 e. The van der Waals surface area contributed by atoms with Gasteiger partial charge in [-0.15, -0.1) is 0 Å². The van der Waals surface area contributed by atoms with Crippen molar-refractivity contribution in [2.24, 2.45) is 0 Å². The summed E-state index contributed by atoms with van der Waals surface area (Å²) in [5.74, 6) is 5.54. The Balaban J connectivity index is 1.91. The maximum absolute atomic E-state index is 9.63. The van der Waals surface area contributed by atoms with Crippen LogP contribution in [0.5, 0.6) is 0 Å². The molecule has 2 N–H and O–H groups in total. The molecule has 1 saturated heterocycles. The fourth-order valence-electron chi connectivity index (χ4n) is 2.39. The molecule has 3 nitrogen and oxygen atoms in total. The molecule has 0 bridgehead atoms. The third-order valence-electron chi connectivity index (χ3n) is 3.46. The fraction of sp³-hybridized carbons (Fsp3) is 0.500. The number of likely N-dealkylation sites (tertiary alicyclic amines) is 1. The second-order valence-corrected chi connectivity index (χ2v) is 5.02. The zero-order valence-electron chi connectivity index (χ0n) is 11.2. The highest BCUT2D eigenvalue weighted by molar-refractivity contribution is 5.36. The van der Waals surface area contributed by atoms with E-state index in [9.17, 15) is 5.11 Å². The molecule has 1 aromatic rings. The molecule has 1 aliphatic rings. The van der Waals surface area contributed by atoms with Crippen LogP contribution in [0.25, 0.3) is 0 Å². The lowest BCUT2D eigenvalue weighted by molar-refractivity contribution is 0.154. The highest BCUT2D eigenvalue weighted by Gasteiger charge is 2.14. The Kier molecular flexibility index (Phi) is 5.41. The van der Waals surface area contributed by atoms with Gasteiger partial charge in [-0.05, 0) is 43.5 Å². The lowest BCUT2D eigenvalue weighted by Gasteiger charge is -2.19. The number of hydrogen-bond acceptors (Lipinski definition) is 3. The second-order valence-electron chi connectivity index (χ2n) is 5.02. The van der Waals surface area contributed by atoms with Crippen molar-refractivity contribution in [2.75, 3.05) is 19.7 Å². The highest BCUT2D eigenvalue weighted by Crippen LogP contribution is 2.14. The number of rotatable bonds is 2. The Morgan fingerprint density at radius 2 is 1.95 bits per heavy atom. The van der Waals surface area contributed by atoms with E-state index in [0.717, 1.165) is 44.5 Å². The van der Waals surface area contributed by atoms with E-state index < -0.39 is 0 Å². The summed E-state index contributed by atoms with van der Waals surface area (Å²) >= 11 is 0. The van der Waals surface area contributed by atoms with Crippen LogP contribution < -0.4 is 0 Å². The van der Waals surface area contributed by atoms with Crippen LogP contribution >= 0.6 is 0 Å². The summed E-state index contributed by atoms with van der Waals surface area (Å²) < 4.78 is 0. The summed E-state index contributed by atoms with van der Waals surface area (Å²) in [6, 6.07) is 8.15. The molecule has 2 rings (SSSR count). The lowest BCUT2D eigenvalue weighted by Crippen LogP contribution is -2.24. The Morgan fingerprint density at radius 3 is 2.68 bits per heavy atom. The molecule has 0 radical (unpaired) electrons.